The van der Waals surface area contributed by atoms with E-state index in [1.165, 1.54) is 0 Å². The minimum absolute atomic E-state index is 0.00832. The van der Waals surface area contributed by atoms with Crippen LogP contribution in [0.3, 0.4) is 0 Å². The molecule has 0 bridgehead atoms. The molecule has 0 atom stereocenters. The lowest BCUT2D eigenvalue weighted by Gasteiger charge is -2.10. The van der Waals surface area contributed by atoms with E-state index in [-0.39, 0.29) is 19.3 Å². The van der Waals surface area contributed by atoms with E-state index in [1.54, 1.807) is 48.5 Å². The van der Waals surface area contributed by atoms with Gasteiger partial charge >= 0.3 is 12.1 Å². The molecule has 164 valence electrons. The summed E-state index contributed by atoms with van der Waals surface area (Å²) < 4.78 is 0. The fourth-order valence-electron chi connectivity index (χ4n) is 2.18. The number of halogens is 2. The van der Waals surface area contributed by atoms with Crippen LogP contribution >= 0.6 is 23.2 Å². The van der Waals surface area contributed by atoms with Crippen LogP contribution in [0.25, 0.3) is 0 Å². The van der Waals surface area contributed by atoms with Gasteiger partial charge in [0.2, 0.25) is 11.8 Å². The van der Waals surface area contributed by atoms with Crippen molar-refractivity contribution >= 4 is 58.5 Å². The summed E-state index contributed by atoms with van der Waals surface area (Å²) in [5.41, 5.74) is 9.83. The van der Waals surface area contributed by atoms with Gasteiger partial charge in [0.05, 0.1) is 0 Å². The molecule has 0 saturated carbocycles. The van der Waals surface area contributed by atoms with Gasteiger partial charge in [-0.1, -0.05) is 23.2 Å². The number of nitrogens with one attached hydrogen (secondary N) is 6. The number of carbonyl (C=O) groups is 4. The molecule has 0 aliphatic heterocycles. The van der Waals surface area contributed by atoms with Gasteiger partial charge in [0, 0.05) is 34.3 Å². The molecular weight excluding hydrogens is 447 g/mol. The molecule has 6 N–H and O–H groups in total. The molecule has 0 aromatic heterocycles. The highest BCUT2D eigenvalue weighted by Gasteiger charge is 2.08. The second-order valence-corrected chi connectivity index (χ2v) is 6.99. The Hall–Kier alpha value is -3.50. The smallest absolute Gasteiger partial charge is 0.307 e. The van der Waals surface area contributed by atoms with Gasteiger partial charge in [-0.2, -0.15) is 0 Å². The largest absolute Gasteiger partial charge is 0.337 e. The SMILES string of the molecule is O=C(CCCC(=O)NNC(=O)Nc1ccc(Cl)cc1)NNC(=O)Nc1ccc(Cl)cc1. The second kappa shape index (κ2) is 12.3. The summed E-state index contributed by atoms with van der Waals surface area (Å²) in [4.78, 5) is 46.8. The highest BCUT2D eigenvalue weighted by atomic mass is 35.5. The lowest BCUT2D eigenvalue weighted by molar-refractivity contribution is -0.123. The number of hydrazine groups is 2. The number of anilines is 2. The number of hydrogen-bond donors (Lipinski definition) is 6. The molecule has 2 aromatic rings. The standard InChI is InChI=1S/C19H20Cl2N6O4/c20-12-4-8-14(9-5-12)22-18(30)26-24-16(28)2-1-3-17(29)25-27-19(31)23-15-10-6-13(21)7-11-15/h4-11H,1-3H2,(H,24,28)(H,25,29)(H2,22,26,30)(H2,23,27,31). The first-order chi connectivity index (χ1) is 14.8. The van der Waals surface area contributed by atoms with E-state index in [1.807, 2.05) is 0 Å². The molecule has 6 amide bonds. The maximum Gasteiger partial charge on any atom is 0.337 e. The molecule has 0 heterocycles. The molecule has 0 aliphatic carbocycles. The number of hydrogen-bond acceptors (Lipinski definition) is 4. The van der Waals surface area contributed by atoms with Crippen molar-refractivity contribution in [2.24, 2.45) is 0 Å². The maximum atomic E-state index is 11.7. The third-order valence-corrected chi connectivity index (χ3v) is 4.15. The summed E-state index contributed by atoms with van der Waals surface area (Å²) in [6.07, 6.45) is 0.190. The molecule has 0 unspecified atom stereocenters. The Morgan fingerprint density at radius 3 is 1.29 bits per heavy atom. The van der Waals surface area contributed by atoms with Crippen LogP contribution in [0.4, 0.5) is 21.0 Å². The lowest BCUT2D eigenvalue weighted by atomic mass is 10.2. The van der Waals surface area contributed by atoms with Crippen LogP contribution in [-0.2, 0) is 9.59 Å². The Morgan fingerprint density at radius 2 is 0.935 bits per heavy atom. The van der Waals surface area contributed by atoms with Crippen LogP contribution in [-0.4, -0.2) is 23.9 Å². The van der Waals surface area contributed by atoms with Crippen LogP contribution < -0.4 is 32.3 Å². The van der Waals surface area contributed by atoms with Crippen molar-refractivity contribution in [3.63, 3.8) is 0 Å². The highest BCUT2D eigenvalue weighted by molar-refractivity contribution is 6.31. The van der Waals surface area contributed by atoms with Crippen molar-refractivity contribution in [1.29, 1.82) is 0 Å². The molecule has 2 aromatic carbocycles. The van der Waals surface area contributed by atoms with Crippen LogP contribution in [0.2, 0.25) is 10.0 Å². The first-order valence-corrected chi connectivity index (χ1v) is 9.80. The fraction of sp³-hybridized carbons (Fsp3) is 0.158. The average Bonchev–Trinajstić information content (AvgIpc) is 2.74. The normalized spacial score (nSPS) is 9.87. The Bertz CT molecular complexity index is 847. The van der Waals surface area contributed by atoms with E-state index < -0.39 is 23.9 Å². The van der Waals surface area contributed by atoms with Gasteiger partial charge in [-0.25, -0.2) is 20.4 Å². The van der Waals surface area contributed by atoms with Crippen LogP contribution in [0.15, 0.2) is 48.5 Å². The molecule has 0 spiro atoms. The predicted octanol–water partition coefficient (Wildman–Crippen LogP) is 3.17. The van der Waals surface area contributed by atoms with Gasteiger partial charge < -0.3 is 10.6 Å². The summed E-state index contributed by atoms with van der Waals surface area (Å²) in [5.74, 6) is -0.958. The quantitative estimate of drug-likeness (QED) is 0.363. The Kier molecular flexibility index (Phi) is 9.40. The number of rotatable bonds is 6. The molecular formula is C19H20Cl2N6O4. The van der Waals surface area contributed by atoms with Crippen molar-refractivity contribution in [3.8, 4) is 0 Å². The number of benzene rings is 2. The highest BCUT2D eigenvalue weighted by Crippen LogP contribution is 2.13. The zero-order valence-corrected chi connectivity index (χ0v) is 17.6. The van der Waals surface area contributed by atoms with Gasteiger partial charge in [-0.15, -0.1) is 0 Å². The van der Waals surface area contributed by atoms with Gasteiger partial charge in [-0.3, -0.25) is 20.4 Å². The molecule has 0 radical (unpaired) electrons. The molecule has 10 nitrogen and oxygen atoms in total. The number of urea groups is 2. The van der Waals surface area contributed by atoms with Crippen molar-refractivity contribution in [2.45, 2.75) is 19.3 Å². The van der Waals surface area contributed by atoms with Crippen LogP contribution in [0.5, 0.6) is 0 Å². The van der Waals surface area contributed by atoms with Gasteiger partial charge in [0.25, 0.3) is 0 Å². The van der Waals surface area contributed by atoms with E-state index in [2.05, 4.69) is 32.3 Å². The second-order valence-electron chi connectivity index (χ2n) is 6.12. The zero-order valence-electron chi connectivity index (χ0n) is 16.1. The summed E-state index contributed by atoms with van der Waals surface area (Å²) >= 11 is 11.5. The minimum atomic E-state index is -0.635. The van der Waals surface area contributed by atoms with Crippen LogP contribution in [0.1, 0.15) is 19.3 Å². The molecule has 0 fully saturated rings. The van der Waals surface area contributed by atoms with E-state index in [4.69, 9.17) is 23.2 Å². The average molecular weight is 467 g/mol. The Morgan fingerprint density at radius 1 is 0.581 bits per heavy atom. The minimum Gasteiger partial charge on any atom is -0.307 e. The first-order valence-electron chi connectivity index (χ1n) is 9.04. The first kappa shape index (κ1) is 23.8. The van der Waals surface area contributed by atoms with E-state index in [0.717, 1.165) is 0 Å². The van der Waals surface area contributed by atoms with Crippen LogP contribution in [0, 0.1) is 0 Å². The number of amides is 6. The van der Waals surface area contributed by atoms with Crippen molar-refractivity contribution in [2.75, 3.05) is 10.6 Å². The van der Waals surface area contributed by atoms with E-state index in [0.29, 0.717) is 21.4 Å². The summed E-state index contributed by atoms with van der Waals surface area (Å²) in [5, 5.41) is 6.07. The molecule has 0 aliphatic rings. The fourth-order valence-corrected chi connectivity index (χ4v) is 2.43. The van der Waals surface area contributed by atoms with Gasteiger partial charge in [-0.05, 0) is 55.0 Å². The Balaban J connectivity index is 1.56. The van der Waals surface area contributed by atoms with Crippen molar-refractivity contribution < 1.29 is 19.2 Å². The van der Waals surface area contributed by atoms with Gasteiger partial charge in [0.1, 0.15) is 0 Å². The molecule has 31 heavy (non-hydrogen) atoms. The topological polar surface area (TPSA) is 140 Å². The lowest BCUT2D eigenvalue weighted by Crippen LogP contribution is -2.44. The van der Waals surface area contributed by atoms with Gasteiger partial charge in [0.15, 0.2) is 0 Å². The monoisotopic (exact) mass is 466 g/mol. The van der Waals surface area contributed by atoms with E-state index >= 15 is 0 Å². The van der Waals surface area contributed by atoms with Crippen molar-refractivity contribution in [1.82, 2.24) is 21.7 Å². The zero-order chi connectivity index (χ0) is 22.6. The third kappa shape index (κ3) is 9.70. The summed E-state index contributed by atoms with van der Waals surface area (Å²) in [7, 11) is 0. The third-order valence-electron chi connectivity index (χ3n) is 3.64. The molecule has 12 heteroatoms. The summed E-state index contributed by atoms with van der Waals surface area (Å²) in [6.45, 7) is 0. The number of carbonyl (C=O) groups excluding carboxylic acids is 4. The summed E-state index contributed by atoms with van der Waals surface area (Å²) in [6, 6.07) is 11.6. The molecule has 0 saturated heterocycles. The maximum absolute atomic E-state index is 11.7. The molecule has 2 rings (SSSR count). The van der Waals surface area contributed by atoms with Crippen molar-refractivity contribution in [3.05, 3.63) is 58.6 Å². The van der Waals surface area contributed by atoms with E-state index in [9.17, 15) is 19.2 Å². The predicted molar refractivity (Wildman–Crippen MR) is 117 cm³/mol. The Labute approximate surface area is 188 Å².